The molecule has 3 N–H and O–H groups in total. The lowest BCUT2D eigenvalue weighted by molar-refractivity contribution is 0.0720. The largest absolute Gasteiger partial charge is 0.398 e. The summed E-state index contributed by atoms with van der Waals surface area (Å²) in [5, 5.41) is 11.2. The van der Waals surface area contributed by atoms with Crippen molar-refractivity contribution in [3.8, 4) is 0 Å². The molecule has 4 heteroatoms. The van der Waals surface area contributed by atoms with E-state index in [0.29, 0.717) is 24.3 Å². The van der Waals surface area contributed by atoms with Gasteiger partial charge in [-0.3, -0.25) is 4.79 Å². The third-order valence-corrected chi connectivity index (χ3v) is 3.59. The Balaban J connectivity index is 2.33. The van der Waals surface area contributed by atoms with E-state index in [-0.39, 0.29) is 12.5 Å². The molecule has 1 amide bonds. The van der Waals surface area contributed by atoms with Crippen LogP contribution in [0, 0.1) is 0 Å². The van der Waals surface area contributed by atoms with Crippen LogP contribution in [0.15, 0.2) is 36.4 Å². The van der Waals surface area contributed by atoms with Gasteiger partial charge in [-0.05, 0) is 29.3 Å². The molecule has 0 heterocycles. The molecular weight excluding hydrogens is 264 g/mol. The van der Waals surface area contributed by atoms with E-state index in [1.807, 2.05) is 36.4 Å². The molecule has 0 atom stereocenters. The lowest BCUT2D eigenvalue weighted by atomic mass is 10.0. The molecule has 2 rings (SSSR count). The fourth-order valence-electron chi connectivity index (χ4n) is 2.40. The van der Waals surface area contributed by atoms with Gasteiger partial charge < -0.3 is 15.7 Å². The third kappa shape index (κ3) is 3.52. The second-order valence-electron chi connectivity index (χ2n) is 5.16. The first kappa shape index (κ1) is 15.3. The van der Waals surface area contributed by atoms with Gasteiger partial charge in [0.2, 0.25) is 0 Å². The number of carbonyl (C=O) groups excluding carboxylic acids is 1. The molecule has 0 aliphatic heterocycles. The molecule has 21 heavy (non-hydrogen) atoms. The lowest BCUT2D eigenvalue weighted by Crippen LogP contribution is -2.34. The van der Waals surface area contributed by atoms with Gasteiger partial charge in [0.1, 0.15) is 0 Å². The number of anilines is 1. The van der Waals surface area contributed by atoms with Gasteiger partial charge in [-0.15, -0.1) is 0 Å². The zero-order chi connectivity index (χ0) is 15.2. The van der Waals surface area contributed by atoms with E-state index in [1.165, 1.54) is 0 Å². The number of carbonyl (C=O) groups is 1. The number of nitrogens with zero attached hydrogens (tertiary/aromatic N) is 1. The Morgan fingerprint density at radius 1 is 1.19 bits per heavy atom. The second kappa shape index (κ2) is 7.09. The first-order chi connectivity index (χ1) is 10.2. The highest BCUT2D eigenvalue weighted by atomic mass is 16.3. The van der Waals surface area contributed by atoms with E-state index in [4.69, 9.17) is 10.8 Å². The van der Waals surface area contributed by atoms with Crippen LogP contribution in [-0.2, 0) is 0 Å². The Bertz CT molecular complexity index is 625. The molecule has 0 aliphatic rings. The molecular formula is C17H22N2O2. The average molecular weight is 286 g/mol. The lowest BCUT2D eigenvalue weighted by Gasteiger charge is -2.22. The number of nitrogens with two attached hydrogens (primary N) is 1. The van der Waals surface area contributed by atoms with Gasteiger partial charge in [0.05, 0.1) is 12.2 Å². The summed E-state index contributed by atoms with van der Waals surface area (Å²) in [5.74, 6) is -0.110. The predicted octanol–water partition coefficient (Wildman–Crippen LogP) is 2.66. The van der Waals surface area contributed by atoms with Gasteiger partial charge in [0.25, 0.3) is 5.91 Å². The van der Waals surface area contributed by atoms with Gasteiger partial charge >= 0.3 is 0 Å². The molecule has 0 saturated heterocycles. The first-order valence-electron chi connectivity index (χ1n) is 7.35. The number of aliphatic hydroxyl groups is 1. The van der Waals surface area contributed by atoms with Crippen LogP contribution in [0.3, 0.4) is 0 Å². The number of amides is 1. The Morgan fingerprint density at radius 2 is 1.86 bits per heavy atom. The summed E-state index contributed by atoms with van der Waals surface area (Å²) in [7, 11) is 0. The van der Waals surface area contributed by atoms with Crippen LogP contribution in [0.1, 0.15) is 30.1 Å². The molecule has 0 spiro atoms. The van der Waals surface area contributed by atoms with Crippen molar-refractivity contribution in [1.29, 1.82) is 0 Å². The highest BCUT2D eigenvalue weighted by molar-refractivity contribution is 6.03. The van der Waals surface area contributed by atoms with E-state index in [2.05, 4.69) is 6.92 Å². The highest BCUT2D eigenvalue weighted by Gasteiger charge is 2.17. The number of hydrogen-bond donors (Lipinski definition) is 2. The monoisotopic (exact) mass is 286 g/mol. The number of aliphatic hydroxyl groups excluding tert-OH is 1. The smallest absolute Gasteiger partial charge is 0.256 e. The van der Waals surface area contributed by atoms with Gasteiger partial charge in [0.15, 0.2) is 0 Å². The minimum Gasteiger partial charge on any atom is -0.398 e. The predicted molar refractivity (Wildman–Crippen MR) is 86.3 cm³/mol. The van der Waals surface area contributed by atoms with Crippen molar-refractivity contribution in [1.82, 2.24) is 4.90 Å². The maximum absolute atomic E-state index is 12.6. The molecule has 0 unspecified atom stereocenters. The first-order valence-corrected chi connectivity index (χ1v) is 7.35. The number of hydrogen-bond acceptors (Lipinski definition) is 3. The average Bonchev–Trinajstić information content (AvgIpc) is 2.50. The quantitative estimate of drug-likeness (QED) is 0.802. The molecule has 2 aromatic rings. The van der Waals surface area contributed by atoms with E-state index in [0.717, 1.165) is 23.6 Å². The summed E-state index contributed by atoms with van der Waals surface area (Å²) in [6.45, 7) is 3.02. The van der Waals surface area contributed by atoms with Crippen LogP contribution < -0.4 is 5.73 Å². The normalized spacial score (nSPS) is 10.8. The van der Waals surface area contributed by atoms with Crippen molar-refractivity contribution in [2.24, 2.45) is 0 Å². The molecule has 112 valence electrons. The maximum Gasteiger partial charge on any atom is 0.256 e. The van der Waals surface area contributed by atoms with E-state index < -0.39 is 0 Å². The fourth-order valence-corrected chi connectivity index (χ4v) is 2.40. The third-order valence-electron chi connectivity index (χ3n) is 3.59. The summed E-state index contributed by atoms with van der Waals surface area (Å²) in [4.78, 5) is 14.3. The summed E-state index contributed by atoms with van der Waals surface area (Å²) in [6, 6.07) is 11.5. The maximum atomic E-state index is 12.6. The zero-order valence-electron chi connectivity index (χ0n) is 12.4. The Hall–Kier alpha value is -2.07. The summed E-state index contributed by atoms with van der Waals surface area (Å²) < 4.78 is 0. The summed E-state index contributed by atoms with van der Waals surface area (Å²) in [6.07, 6.45) is 1.92. The van der Waals surface area contributed by atoms with Gasteiger partial charge in [0, 0.05) is 18.8 Å². The highest BCUT2D eigenvalue weighted by Crippen LogP contribution is 2.23. The molecule has 0 fully saturated rings. The van der Waals surface area contributed by atoms with E-state index in [1.54, 1.807) is 4.90 Å². The van der Waals surface area contributed by atoms with Gasteiger partial charge in [-0.2, -0.15) is 0 Å². The number of benzene rings is 2. The molecule has 2 aromatic carbocycles. The summed E-state index contributed by atoms with van der Waals surface area (Å²) >= 11 is 0. The SMILES string of the molecule is CCCCN(CCO)C(=O)c1cc2ccccc2cc1N. The Kier molecular flexibility index (Phi) is 5.17. The number of fused-ring (bicyclic) bond motifs is 1. The van der Waals surface area contributed by atoms with Crippen LogP contribution in [0.5, 0.6) is 0 Å². The standard InChI is InChI=1S/C17H22N2O2/c1-2-3-8-19(9-10-20)17(21)15-11-13-6-4-5-7-14(13)12-16(15)18/h4-7,11-12,20H,2-3,8-10,18H2,1H3. The Morgan fingerprint density at radius 3 is 2.48 bits per heavy atom. The van der Waals surface area contributed by atoms with E-state index in [9.17, 15) is 4.79 Å². The van der Waals surface area contributed by atoms with Crippen LogP contribution in [-0.4, -0.2) is 35.6 Å². The number of rotatable bonds is 6. The van der Waals surface area contributed by atoms with Crippen LogP contribution in [0.25, 0.3) is 10.8 Å². The van der Waals surface area contributed by atoms with Crippen molar-refractivity contribution < 1.29 is 9.90 Å². The topological polar surface area (TPSA) is 66.6 Å². The second-order valence-corrected chi connectivity index (χ2v) is 5.16. The van der Waals surface area contributed by atoms with Gasteiger partial charge in [-0.25, -0.2) is 0 Å². The summed E-state index contributed by atoms with van der Waals surface area (Å²) in [5.41, 5.74) is 7.04. The van der Waals surface area contributed by atoms with Crippen LogP contribution in [0.4, 0.5) is 5.69 Å². The molecule has 4 nitrogen and oxygen atoms in total. The zero-order valence-corrected chi connectivity index (χ0v) is 12.4. The molecule has 0 radical (unpaired) electrons. The number of unbranched alkanes of at least 4 members (excludes halogenated alkanes) is 1. The van der Waals surface area contributed by atoms with Gasteiger partial charge in [-0.1, -0.05) is 37.6 Å². The molecule has 0 aliphatic carbocycles. The van der Waals surface area contributed by atoms with Crippen molar-refractivity contribution in [3.05, 3.63) is 42.0 Å². The van der Waals surface area contributed by atoms with Crippen molar-refractivity contribution in [2.45, 2.75) is 19.8 Å². The molecule has 0 aromatic heterocycles. The number of nitrogen functional groups attached to an aromatic ring is 1. The van der Waals surface area contributed by atoms with Crippen molar-refractivity contribution in [3.63, 3.8) is 0 Å². The Labute approximate surface area is 125 Å². The minimum atomic E-state index is -0.110. The van der Waals surface area contributed by atoms with Crippen LogP contribution >= 0.6 is 0 Å². The molecule has 0 bridgehead atoms. The van der Waals surface area contributed by atoms with Crippen LogP contribution in [0.2, 0.25) is 0 Å². The van der Waals surface area contributed by atoms with E-state index >= 15 is 0 Å². The fraction of sp³-hybridized carbons (Fsp3) is 0.353. The van der Waals surface area contributed by atoms with Crippen molar-refractivity contribution >= 4 is 22.4 Å². The minimum absolute atomic E-state index is 0.0387. The van der Waals surface area contributed by atoms with Crippen molar-refractivity contribution in [2.75, 3.05) is 25.4 Å². The molecule has 0 saturated carbocycles.